The molecule has 1 aliphatic rings. The SMILES string of the molecule is COC(=O)/C=C/C(=O)N1CCC(C(C)(C)O)C1. The highest BCUT2D eigenvalue weighted by Gasteiger charge is 2.34. The summed E-state index contributed by atoms with van der Waals surface area (Å²) in [6, 6.07) is 0. The normalized spacial score (nSPS) is 20.9. The molecule has 0 spiro atoms. The van der Waals surface area contributed by atoms with Crippen molar-refractivity contribution in [1.82, 2.24) is 4.90 Å². The van der Waals surface area contributed by atoms with Crippen LogP contribution in [0.25, 0.3) is 0 Å². The van der Waals surface area contributed by atoms with E-state index in [2.05, 4.69) is 4.74 Å². The number of amides is 1. The first kappa shape index (κ1) is 13.7. The highest BCUT2D eigenvalue weighted by molar-refractivity contribution is 5.94. The fourth-order valence-electron chi connectivity index (χ4n) is 1.85. The smallest absolute Gasteiger partial charge is 0.330 e. The molecule has 5 heteroatoms. The molecule has 1 rings (SSSR count). The summed E-state index contributed by atoms with van der Waals surface area (Å²) < 4.78 is 4.40. The molecule has 96 valence electrons. The van der Waals surface area contributed by atoms with Gasteiger partial charge in [-0.15, -0.1) is 0 Å². The largest absolute Gasteiger partial charge is 0.466 e. The summed E-state index contributed by atoms with van der Waals surface area (Å²) in [5.74, 6) is -0.684. The number of hydrogen-bond acceptors (Lipinski definition) is 4. The van der Waals surface area contributed by atoms with Gasteiger partial charge in [0.2, 0.25) is 5.91 Å². The van der Waals surface area contributed by atoms with Crippen LogP contribution in [-0.2, 0) is 14.3 Å². The van der Waals surface area contributed by atoms with Crippen LogP contribution in [0.4, 0.5) is 0 Å². The van der Waals surface area contributed by atoms with Gasteiger partial charge in [0, 0.05) is 31.2 Å². The highest BCUT2D eigenvalue weighted by Crippen LogP contribution is 2.26. The molecule has 0 aliphatic carbocycles. The molecule has 0 aromatic heterocycles. The van der Waals surface area contributed by atoms with E-state index in [-0.39, 0.29) is 11.8 Å². The molecular weight excluding hydrogens is 222 g/mol. The van der Waals surface area contributed by atoms with Gasteiger partial charge in [-0.05, 0) is 20.3 Å². The van der Waals surface area contributed by atoms with Crippen LogP contribution in [0.5, 0.6) is 0 Å². The second-order valence-electron chi connectivity index (χ2n) is 4.78. The number of nitrogens with zero attached hydrogens (tertiary/aromatic N) is 1. The summed E-state index contributed by atoms with van der Waals surface area (Å²) in [5.41, 5.74) is -0.777. The molecule has 1 atom stereocenters. The first-order valence-electron chi connectivity index (χ1n) is 5.62. The monoisotopic (exact) mass is 241 g/mol. The van der Waals surface area contributed by atoms with Crippen molar-refractivity contribution >= 4 is 11.9 Å². The van der Waals surface area contributed by atoms with Crippen LogP contribution in [0.15, 0.2) is 12.2 Å². The molecule has 0 aromatic rings. The van der Waals surface area contributed by atoms with Crippen LogP contribution >= 0.6 is 0 Å². The van der Waals surface area contributed by atoms with Crippen molar-refractivity contribution in [2.75, 3.05) is 20.2 Å². The molecule has 1 unspecified atom stereocenters. The minimum atomic E-state index is -0.777. The van der Waals surface area contributed by atoms with Crippen molar-refractivity contribution in [2.45, 2.75) is 25.9 Å². The molecule has 5 nitrogen and oxygen atoms in total. The number of hydrogen-bond donors (Lipinski definition) is 1. The topological polar surface area (TPSA) is 66.8 Å². The first-order chi connectivity index (χ1) is 7.84. The molecule has 1 amide bonds. The number of carbonyl (C=O) groups is 2. The van der Waals surface area contributed by atoms with Gasteiger partial charge in [-0.3, -0.25) is 4.79 Å². The van der Waals surface area contributed by atoms with E-state index >= 15 is 0 Å². The summed E-state index contributed by atoms with van der Waals surface area (Å²) in [7, 11) is 1.26. The van der Waals surface area contributed by atoms with Crippen molar-refractivity contribution < 1.29 is 19.4 Å². The number of ether oxygens (including phenoxy) is 1. The Morgan fingerprint density at radius 2 is 2.06 bits per heavy atom. The zero-order valence-corrected chi connectivity index (χ0v) is 10.5. The molecule has 0 bridgehead atoms. The van der Waals surface area contributed by atoms with E-state index in [0.717, 1.165) is 12.5 Å². The van der Waals surface area contributed by atoms with Gasteiger partial charge in [0.1, 0.15) is 0 Å². The van der Waals surface area contributed by atoms with Gasteiger partial charge in [-0.2, -0.15) is 0 Å². The molecule has 1 N–H and O–H groups in total. The predicted octanol–water partition coefficient (Wildman–Crippen LogP) is 0.335. The van der Waals surface area contributed by atoms with Crippen molar-refractivity contribution in [3.05, 3.63) is 12.2 Å². The maximum atomic E-state index is 11.7. The lowest BCUT2D eigenvalue weighted by atomic mass is 9.90. The number of rotatable bonds is 3. The number of aliphatic hydroxyl groups is 1. The van der Waals surface area contributed by atoms with E-state index in [9.17, 15) is 14.7 Å². The van der Waals surface area contributed by atoms with Crippen LogP contribution in [0.1, 0.15) is 20.3 Å². The predicted molar refractivity (Wildman–Crippen MR) is 62.1 cm³/mol. The molecule has 0 aromatic carbocycles. The third-order valence-electron chi connectivity index (χ3n) is 3.06. The van der Waals surface area contributed by atoms with Gasteiger partial charge < -0.3 is 14.7 Å². The van der Waals surface area contributed by atoms with Crippen LogP contribution in [0, 0.1) is 5.92 Å². The number of carbonyl (C=O) groups excluding carboxylic acids is 2. The minimum Gasteiger partial charge on any atom is -0.466 e. The molecule has 17 heavy (non-hydrogen) atoms. The van der Waals surface area contributed by atoms with Crippen LogP contribution in [-0.4, -0.2) is 47.7 Å². The number of likely N-dealkylation sites (tertiary alicyclic amines) is 1. The van der Waals surface area contributed by atoms with E-state index in [4.69, 9.17) is 0 Å². The second kappa shape index (κ2) is 5.31. The Morgan fingerprint density at radius 1 is 1.41 bits per heavy atom. The number of esters is 1. The molecule has 1 fully saturated rings. The van der Waals surface area contributed by atoms with Crippen LogP contribution < -0.4 is 0 Å². The van der Waals surface area contributed by atoms with Crippen LogP contribution in [0.2, 0.25) is 0 Å². The van der Waals surface area contributed by atoms with E-state index in [0.29, 0.717) is 13.1 Å². The maximum absolute atomic E-state index is 11.7. The van der Waals surface area contributed by atoms with Crippen molar-refractivity contribution in [1.29, 1.82) is 0 Å². The molecule has 0 radical (unpaired) electrons. The lowest BCUT2D eigenvalue weighted by molar-refractivity contribution is -0.135. The van der Waals surface area contributed by atoms with Gasteiger partial charge >= 0.3 is 5.97 Å². The van der Waals surface area contributed by atoms with Crippen molar-refractivity contribution in [2.24, 2.45) is 5.92 Å². The average Bonchev–Trinajstić information content (AvgIpc) is 2.74. The second-order valence-corrected chi connectivity index (χ2v) is 4.78. The highest BCUT2D eigenvalue weighted by atomic mass is 16.5. The zero-order valence-electron chi connectivity index (χ0n) is 10.5. The fourth-order valence-corrected chi connectivity index (χ4v) is 1.85. The van der Waals surface area contributed by atoms with Crippen molar-refractivity contribution in [3.8, 4) is 0 Å². The Hall–Kier alpha value is -1.36. The van der Waals surface area contributed by atoms with Gasteiger partial charge in [-0.1, -0.05) is 0 Å². The lowest BCUT2D eigenvalue weighted by Crippen LogP contribution is -2.34. The average molecular weight is 241 g/mol. The Labute approximate surface area is 101 Å². The first-order valence-corrected chi connectivity index (χ1v) is 5.62. The maximum Gasteiger partial charge on any atom is 0.330 e. The van der Waals surface area contributed by atoms with Gasteiger partial charge in [0.15, 0.2) is 0 Å². The van der Waals surface area contributed by atoms with E-state index in [1.807, 2.05) is 0 Å². The van der Waals surface area contributed by atoms with E-state index in [1.54, 1.807) is 18.7 Å². The number of methoxy groups -OCH3 is 1. The molecular formula is C12H19NO4. The Bertz CT molecular complexity index is 330. The zero-order chi connectivity index (χ0) is 13.1. The third-order valence-corrected chi connectivity index (χ3v) is 3.06. The van der Waals surface area contributed by atoms with Gasteiger partial charge in [0.05, 0.1) is 12.7 Å². The summed E-state index contributed by atoms with van der Waals surface area (Å²) in [6.45, 7) is 4.62. The summed E-state index contributed by atoms with van der Waals surface area (Å²) >= 11 is 0. The van der Waals surface area contributed by atoms with Crippen LogP contribution in [0.3, 0.4) is 0 Å². The summed E-state index contributed by atoms with van der Waals surface area (Å²) in [6.07, 6.45) is 3.10. The summed E-state index contributed by atoms with van der Waals surface area (Å²) in [5, 5.41) is 9.84. The Morgan fingerprint density at radius 3 is 2.53 bits per heavy atom. The van der Waals surface area contributed by atoms with Gasteiger partial charge in [-0.25, -0.2) is 4.79 Å². The molecule has 1 heterocycles. The van der Waals surface area contributed by atoms with E-state index in [1.165, 1.54) is 13.2 Å². The van der Waals surface area contributed by atoms with Crippen molar-refractivity contribution in [3.63, 3.8) is 0 Å². The molecule has 0 saturated carbocycles. The molecule has 1 saturated heterocycles. The lowest BCUT2D eigenvalue weighted by Gasteiger charge is -2.25. The Kier molecular flexibility index (Phi) is 4.28. The van der Waals surface area contributed by atoms with Gasteiger partial charge in [0.25, 0.3) is 0 Å². The fraction of sp³-hybridized carbons (Fsp3) is 0.667. The third kappa shape index (κ3) is 3.85. The summed E-state index contributed by atoms with van der Waals surface area (Å²) in [4.78, 5) is 24.1. The minimum absolute atomic E-state index is 0.0815. The standard InChI is InChI=1S/C12H19NO4/c1-12(2,16)9-6-7-13(8-9)10(14)4-5-11(15)17-3/h4-5,9,16H,6-8H2,1-3H3/b5-4+. The molecule has 1 aliphatic heterocycles. The van der Waals surface area contributed by atoms with E-state index < -0.39 is 11.6 Å². The quantitative estimate of drug-likeness (QED) is 0.571. The Balaban J connectivity index is 2.52.